The highest BCUT2D eigenvalue weighted by molar-refractivity contribution is 7.87. The van der Waals surface area contributed by atoms with Crippen molar-refractivity contribution >= 4 is 10.1 Å². The second-order valence-corrected chi connectivity index (χ2v) is 16.4. The zero-order chi connectivity index (χ0) is 27.4. The number of allylic oxidation sites excluding steroid dienone is 4. The molecule has 0 heterocycles. The fourth-order valence-electron chi connectivity index (χ4n) is 11.3. The van der Waals surface area contributed by atoms with Crippen LogP contribution in [0.15, 0.2) is 23.5 Å². The molecule has 0 N–H and O–H groups in total. The van der Waals surface area contributed by atoms with Gasteiger partial charge >= 0.3 is 15.6 Å². The van der Waals surface area contributed by atoms with Crippen LogP contribution in [0.1, 0.15) is 111 Å². The topological polar surface area (TPSA) is 43.4 Å². The second-order valence-electron chi connectivity index (χ2n) is 14.9. The van der Waals surface area contributed by atoms with Crippen LogP contribution < -0.4 is 0 Å². The molecule has 38 heavy (non-hydrogen) atoms. The molecular weight excluding hydrogens is 509 g/mol. The highest BCUT2D eigenvalue weighted by Crippen LogP contribution is 2.73. The van der Waals surface area contributed by atoms with E-state index in [1.54, 1.807) is 11.6 Å². The van der Waals surface area contributed by atoms with E-state index in [-0.39, 0.29) is 22.5 Å². The maximum Gasteiger partial charge on any atom is 0.534 e. The lowest BCUT2D eigenvalue weighted by Gasteiger charge is -2.68. The van der Waals surface area contributed by atoms with E-state index in [0.717, 1.165) is 24.7 Å². The summed E-state index contributed by atoms with van der Waals surface area (Å²) in [5.41, 5.74) is -3.89. The molecule has 8 atom stereocenters. The summed E-state index contributed by atoms with van der Waals surface area (Å²) in [4.78, 5) is 0. The minimum Gasteiger partial charge on any atom is -0.380 e. The summed E-state index contributed by atoms with van der Waals surface area (Å²) in [5, 5.41) is 0. The molecule has 0 aromatic heterocycles. The molecule has 0 aliphatic heterocycles. The number of fused-ring (bicyclic) bond motifs is 7. The fraction of sp³-hybridized carbons (Fsp3) is 0.871. The van der Waals surface area contributed by atoms with Crippen molar-refractivity contribution in [1.29, 1.82) is 0 Å². The van der Waals surface area contributed by atoms with Gasteiger partial charge in [0.15, 0.2) is 0 Å². The maximum atomic E-state index is 13.1. The third kappa shape index (κ3) is 3.75. The zero-order valence-electron chi connectivity index (χ0n) is 23.5. The summed E-state index contributed by atoms with van der Waals surface area (Å²) in [6, 6.07) is 0. The van der Waals surface area contributed by atoms with Crippen LogP contribution in [-0.4, -0.2) is 13.9 Å². The van der Waals surface area contributed by atoms with Crippen molar-refractivity contribution in [3.05, 3.63) is 23.5 Å². The molecular formula is C31H45F3O3S. The summed E-state index contributed by atoms with van der Waals surface area (Å²) in [5.74, 6) is 2.87. The predicted molar refractivity (Wildman–Crippen MR) is 142 cm³/mol. The number of rotatable bonds is 3. The second kappa shape index (κ2) is 8.52. The average molecular weight is 555 g/mol. The molecule has 0 aromatic rings. The van der Waals surface area contributed by atoms with Gasteiger partial charge in [-0.25, -0.2) is 0 Å². The third-order valence-electron chi connectivity index (χ3n) is 13.0. The van der Waals surface area contributed by atoms with Gasteiger partial charge in [0, 0.05) is 5.41 Å². The molecule has 6 rings (SSSR count). The van der Waals surface area contributed by atoms with Gasteiger partial charge in [0.05, 0.1) is 0 Å². The van der Waals surface area contributed by atoms with E-state index in [9.17, 15) is 21.6 Å². The van der Waals surface area contributed by atoms with Gasteiger partial charge in [-0.05, 0) is 129 Å². The Morgan fingerprint density at radius 2 is 1.61 bits per heavy atom. The first-order chi connectivity index (χ1) is 17.6. The lowest BCUT2D eigenvalue weighted by Crippen LogP contribution is -2.61. The van der Waals surface area contributed by atoms with Crippen molar-refractivity contribution in [1.82, 2.24) is 0 Å². The predicted octanol–water partition coefficient (Wildman–Crippen LogP) is 8.92. The average Bonchev–Trinajstić information content (AvgIpc) is 3.22. The Bertz CT molecular complexity index is 1150. The zero-order valence-corrected chi connectivity index (χ0v) is 24.3. The molecule has 5 saturated carbocycles. The minimum absolute atomic E-state index is 0.0213. The molecule has 3 nitrogen and oxygen atoms in total. The number of halogens is 3. The quantitative estimate of drug-likeness (QED) is 0.199. The lowest BCUT2D eigenvalue weighted by molar-refractivity contribution is -0.180. The van der Waals surface area contributed by atoms with Crippen LogP contribution in [-0.2, 0) is 14.3 Å². The van der Waals surface area contributed by atoms with E-state index in [2.05, 4.69) is 19.9 Å². The Morgan fingerprint density at radius 1 is 0.868 bits per heavy atom. The normalized spacial score (nSPS) is 46.0. The summed E-state index contributed by atoms with van der Waals surface area (Å²) >= 11 is 0. The van der Waals surface area contributed by atoms with Crippen molar-refractivity contribution in [3.8, 4) is 0 Å². The van der Waals surface area contributed by atoms with Crippen LogP contribution in [0.25, 0.3) is 0 Å². The van der Waals surface area contributed by atoms with Crippen molar-refractivity contribution in [2.75, 3.05) is 0 Å². The summed E-state index contributed by atoms with van der Waals surface area (Å²) in [6.07, 6.45) is 20.1. The van der Waals surface area contributed by atoms with Crippen LogP contribution in [0.4, 0.5) is 13.2 Å². The van der Waals surface area contributed by atoms with Gasteiger partial charge in [0.25, 0.3) is 0 Å². The van der Waals surface area contributed by atoms with E-state index in [1.165, 1.54) is 64.2 Å². The van der Waals surface area contributed by atoms with E-state index >= 15 is 0 Å². The van der Waals surface area contributed by atoms with Gasteiger partial charge in [-0.15, -0.1) is 0 Å². The lowest BCUT2D eigenvalue weighted by atomic mass is 9.37. The number of hydrogen-bond acceptors (Lipinski definition) is 3. The fourth-order valence-corrected chi connectivity index (χ4v) is 12.0. The first-order valence-electron chi connectivity index (χ1n) is 15.1. The van der Waals surface area contributed by atoms with Crippen LogP contribution >= 0.6 is 0 Å². The molecule has 5 fully saturated rings. The molecule has 6 aliphatic carbocycles. The van der Waals surface area contributed by atoms with E-state index in [1.807, 2.05) is 13.8 Å². The Kier molecular flexibility index (Phi) is 6.10. The van der Waals surface area contributed by atoms with Crippen molar-refractivity contribution in [3.63, 3.8) is 0 Å². The highest BCUT2D eigenvalue weighted by atomic mass is 32.2. The Balaban J connectivity index is 1.29. The third-order valence-corrected chi connectivity index (χ3v) is 14.0. The molecule has 214 valence electrons. The molecule has 0 radical (unpaired) electrons. The smallest absolute Gasteiger partial charge is 0.380 e. The SMILES string of the molecule is CC1(C)C(OS(=O)(=O)C(F)(F)F)=CCC2(C)C1CCC1(C)C3CCC4(C=C5CCC5)CCC[C@@H]4C3CCC12. The van der Waals surface area contributed by atoms with Crippen LogP contribution in [0, 0.1) is 51.2 Å². The maximum absolute atomic E-state index is 13.1. The Labute approximate surface area is 227 Å². The van der Waals surface area contributed by atoms with Crippen LogP contribution in [0.2, 0.25) is 0 Å². The van der Waals surface area contributed by atoms with Crippen molar-refractivity contribution in [2.24, 2.45) is 51.2 Å². The van der Waals surface area contributed by atoms with Crippen molar-refractivity contribution in [2.45, 2.75) is 117 Å². The monoisotopic (exact) mass is 554 g/mol. The number of alkyl halides is 3. The Morgan fingerprint density at radius 3 is 2.26 bits per heavy atom. The molecule has 0 saturated heterocycles. The van der Waals surface area contributed by atoms with E-state index in [0.29, 0.717) is 23.7 Å². The van der Waals surface area contributed by atoms with Crippen molar-refractivity contribution < 1.29 is 25.8 Å². The van der Waals surface area contributed by atoms with Gasteiger partial charge in [-0.1, -0.05) is 45.8 Å². The molecule has 7 unspecified atom stereocenters. The van der Waals surface area contributed by atoms with Crippen LogP contribution in [0.5, 0.6) is 0 Å². The minimum atomic E-state index is -5.67. The van der Waals surface area contributed by atoms with Gasteiger partial charge in [0.2, 0.25) is 0 Å². The standard InChI is InChI=1S/C31H45F3O3S/c1-27(2)24-13-16-28(3)22-12-18-30(19-20-7-5-8-20)15-6-9-23(30)21(22)10-11-25(28)29(24,4)17-14-26(27)37-38(35,36)31(32,33)34/h14,19,21-25H,5-13,15-18H2,1-4H3/t21?,22?,23-,24?,25?,28?,29?,30?/m1/s1. The van der Waals surface area contributed by atoms with Crippen LogP contribution in [0.3, 0.4) is 0 Å². The first kappa shape index (κ1) is 27.2. The van der Waals surface area contributed by atoms with E-state index < -0.39 is 21.0 Å². The molecule has 0 bridgehead atoms. The summed E-state index contributed by atoms with van der Waals surface area (Å²) < 4.78 is 68.0. The largest absolute Gasteiger partial charge is 0.534 e. The molecule has 6 aliphatic rings. The van der Waals surface area contributed by atoms with Gasteiger partial charge in [-0.3, -0.25) is 0 Å². The van der Waals surface area contributed by atoms with Gasteiger partial charge in [-0.2, -0.15) is 21.6 Å². The molecule has 7 heteroatoms. The molecule has 0 spiro atoms. The molecule has 0 aromatic carbocycles. The summed E-state index contributed by atoms with van der Waals surface area (Å²) in [6.45, 7) is 8.67. The number of hydrogen-bond donors (Lipinski definition) is 0. The van der Waals surface area contributed by atoms with Gasteiger partial charge < -0.3 is 4.18 Å². The Hall–Kier alpha value is -0.980. The van der Waals surface area contributed by atoms with E-state index in [4.69, 9.17) is 4.18 Å². The summed E-state index contributed by atoms with van der Waals surface area (Å²) in [7, 11) is -5.67. The molecule has 0 amide bonds. The van der Waals surface area contributed by atoms with Gasteiger partial charge in [0.1, 0.15) is 5.76 Å². The first-order valence-corrected chi connectivity index (χ1v) is 16.5. The highest BCUT2D eigenvalue weighted by Gasteiger charge is 2.66.